The molecule has 8 heteroatoms. The summed E-state index contributed by atoms with van der Waals surface area (Å²) in [7, 11) is 1.71. The van der Waals surface area contributed by atoms with Gasteiger partial charge in [-0.15, -0.1) is 12.4 Å². The average Bonchev–Trinajstić information content (AvgIpc) is 2.77. The van der Waals surface area contributed by atoms with Crippen LogP contribution in [-0.4, -0.2) is 53.7 Å². The maximum atomic E-state index is 12.3. The Morgan fingerprint density at radius 1 is 1.29 bits per heavy atom. The average molecular weight is 419 g/mol. The van der Waals surface area contributed by atoms with Crippen molar-refractivity contribution in [3.63, 3.8) is 0 Å². The highest BCUT2D eigenvalue weighted by atomic mass is 79.9. The molecule has 1 aliphatic heterocycles. The lowest BCUT2D eigenvalue weighted by Crippen LogP contribution is -2.40. The van der Waals surface area contributed by atoms with Crippen LogP contribution in [-0.2, 0) is 4.79 Å². The molecular formula is C16H21BrClN3O3. The normalized spacial score (nSPS) is 14.2. The van der Waals surface area contributed by atoms with Crippen LogP contribution in [0.1, 0.15) is 40.5 Å². The number of hydrogen-bond donors (Lipinski definition) is 1. The van der Waals surface area contributed by atoms with Gasteiger partial charge in [0.2, 0.25) is 5.91 Å². The largest absolute Gasteiger partial charge is 0.342 e. The fraction of sp³-hybridized carbons (Fsp3) is 0.438. The standard InChI is InChI=1S/C16H20BrN3O3.ClH/c1-10(9-18)19(2)14(21)4-3-7-20-15(22)12-6-5-11(17)8-13(12)16(20)23;/h5-6,8,10H,3-4,7,9,18H2,1-2H3;1H. The molecule has 132 valence electrons. The lowest BCUT2D eigenvalue weighted by Gasteiger charge is -2.24. The molecule has 0 bridgehead atoms. The van der Waals surface area contributed by atoms with E-state index in [0.29, 0.717) is 24.1 Å². The van der Waals surface area contributed by atoms with Crippen molar-refractivity contribution in [2.24, 2.45) is 5.73 Å². The SMILES string of the molecule is CC(CN)N(C)C(=O)CCCN1C(=O)c2ccc(Br)cc2C1=O.Cl. The number of rotatable bonds is 6. The molecule has 24 heavy (non-hydrogen) atoms. The van der Waals surface area contributed by atoms with Crippen LogP contribution >= 0.6 is 28.3 Å². The number of fused-ring (bicyclic) bond motifs is 1. The number of amides is 3. The molecule has 0 aliphatic carbocycles. The third-order valence-corrected chi connectivity index (χ3v) is 4.59. The fourth-order valence-electron chi connectivity index (χ4n) is 2.43. The number of benzene rings is 1. The first-order chi connectivity index (χ1) is 10.9. The summed E-state index contributed by atoms with van der Waals surface area (Å²) < 4.78 is 0.756. The van der Waals surface area contributed by atoms with E-state index in [2.05, 4.69) is 15.9 Å². The van der Waals surface area contributed by atoms with Crippen molar-refractivity contribution in [3.05, 3.63) is 33.8 Å². The predicted molar refractivity (Wildman–Crippen MR) is 97.3 cm³/mol. The van der Waals surface area contributed by atoms with Gasteiger partial charge in [0.25, 0.3) is 11.8 Å². The number of carbonyl (C=O) groups is 3. The van der Waals surface area contributed by atoms with Crippen LogP contribution < -0.4 is 5.73 Å². The second kappa shape index (κ2) is 8.60. The van der Waals surface area contributed by atoms with Crippen molar-refractivity contribution >= 4 is 46.1 Å². The molecule has 1 heterocycles. The first kappa shape index (κ1) is 20.6. The van der Waals surface area contributed by atoms with Gasteiger partial charge in [-0.1, -0.05) is 15.9 Å². The highest BCUT2D eigenvalue weighted by molar-refractivity contribution is 9.10. The van der Waals surface area contributed by atoms with Crippen LogP contribution in [0, 0.1) is 0 Å². The Morgan fingerprint density at radius 2 is 1.92 bits per heavy atom. The summed E-state index contributed by atoms with van der Waals surface area (Å²) in [5, 5.41) is 0. The summed E-state index contributed by atoms with van der Waals surface area (Å²) in [5.41, 5.74) is 6.36. The van der Waals surface area contributed by atoms with E-state index in [-0.39, 0.29) is 49.1 Å². The minimum absolute atomic E-state index is 0. The second-order valence-electron chi connectivity index (χ2n) is 5.64. The van der Waals surface area contributed by atoms with Gasteiger partial charge in [-0.2, -0.15) is 0 Å². The van der Waals surface area contributed by atoms with Gasteiger partial charge < -0.3 is 10.6 Å². The van der Waals surface area contributed by atoms with Gasteiger partial charge >= 0.3 is 0 Å². The number of imide groups is 1. The monoisotopic (exact) mass is 417 g/mol. The lowest BCUT2D eigenvalue weighted by molar-refractivity contribution is -0.131. The molecule has 0 saturated carbocycles. The topological polar surface area (TPSA) is 83.7 Å². The van der Waals surface area contributed by atoms with E-state index in [1.54, 1.807) is 30.1 Å². The Balaban J connectivity index is 0.00000288. The van der Waals surface area contributed by atoms with E-state index < -0.39 is 0 Å². The van der Waals surface area contributed by atoms with Crippen molar-refractivity contribution in [3.8, 4) is 0 Å². The molecule has 1 aromatic rings. The van der Waals surface area contributed by atoms with Gasteiger partial charge in [-0.3, -0.25) is 19.3 Å². The summed E-state index contributed by atoms with van der Waals surface area (Å²) in [6, 6.07) is 5.00. The van der Waals surface area contributed by atoms with Crippen molar-refractivity contribution in [2.45, 2.75) is 25.8 Å². The molecule has 6 nitrogen and oxygen atoms in total. The van der Waals surface area contributed by atoms with E-state index in [9.17, 15) is 14.4 Å². The first-order valence-corrected chi connectivity index (χ1v) is 8.27. The van der Waals surface area contributed by atoms with Gasteiger partial charge in [-0.05, 0) is 31.5 Å². The molecule has 3 amide bonds. The number of halogens is 2. The molecule has 1 aliphatic rings. The molecule has 1 aromatic carbocycles. The molecule has 0 spiro atoms. The quantitative estimate of drug-likeness (QED) is 0.717. The van der Waals surface area contributed by atoms with Gasteiger partial charge in [-0.25, -0.2) is 0 Å². The Labute approximate surface area is 155 Å². The zero-order valence-corrected chi connectivity index (χ0v) is 16.0. The Morgan fingerprint density at radius 3 is 2.54 bits per heavy atom. The van der Waals surface area contributed by atoms with E-state index in [1.165, 1.54) is 4.90 Å². The van der Waals surface area contributed by atoms with Crippen LogP contribution in [0.25, 0.3) is 0 Å². The predicted octanol–water partition coefficient (Wildman–Crippen LogP) is 2.05. The molecule has 0 saturated heterocycles. The first-order valence-electron chi connectivity index (χ1n) is 7.48. The van der Waals surface area contributed by atoms with Crippen molar-refractivity contribution in [1.29, 1.82) is 0 Å². The van der Waals surface area contributed by atoms with Gasteiger partial charge in [0.05, 0.1) is 11.1 Å². The summed E-state index contributed by atoms with van der Waals surface area (Å²) in [6.45, 7) is 2.51. The molecule has 0 aromatic heterocycles. The van der Waals surface area contributed by atoms with Crippen molar-refractivity contribution in [2.75, 3.05) is 20.1 Å². The fourth-order valence-corrected chi connectivity index (χ4v) is 2.80. The Hall–Kier alpha value is -1.44. The Bertz CT molecular complexity index is 653. The van der Waals surface area contributed by atoms with E-state index in [1.807, 2.05) is 6.92 Å². The number of hydrogen-bond acceptors (Lipinski definition) is 4. The second-order valence-corrected chi connectivity index (χ2v) is 6.56. The molecule has 1 atom stereocenters. The summed E-state index contributed by atoms with van der Waals surface area (Å²) in [6.07, 6.45) is 0.713. The maximum absolute atomic E-state index is 12.3. The third-order valence-electron chi connectivity index (χ3n) is 4.10. The summed E-state index contributed by atoms with van der Waals surface area (Å²) in [5.74, 6) is -0.640. The van der Waals surface area contributed by atoms with E-state index >= 15 is 0 Å². The van der Waals surface area contributed by atoms with E-state index in [0.717, 1.165) is 4.47 Å². The smallest absolute Gasteiger partial charge is 0.261 e. The molecule has 0 fully saturated rings. The molecule has 2 rings (SSSR count). The number of likely N-dealkylation sites (N-methyl/N-ethyl adjacent to an activating group) is 1. The van der Waals surface area contributed by atoms with Crippen LogP contribution in [0.2, 0.25) is 0 Å². The van der Waals surface area contributed by atoms with Crippen LogP contribution in [0.15, 0.2) is 22.7 Å². The van der Waals surface area contributed by atoms with Crippen LogP contribution in [0.4, 0.5) is 0 Å². The third kappa shape index (κ3) is 4.15. The summed E-state index contributed by atoms with van der Waals surface area (Å²) in [4.78, 5) is 39.4. The number of carbonyl (C=O) groups excluding carboxylic acids is 3. The molecule has 2 N–H and O–H groups in total. The minimum atomic E-state index is -0.303. The Kier molecular flexibility index (Phi) is 7.38. The summed E-state index contributed by atoms with van der Waals surface area (Å²) >= 11 is 3.30. The number of nitrogens with two attached hydrogens (primary N) is 1. The highest BCUT2D eigenvalue weighted by Crippen LogP contribution is 2.26. The van der Waals surface area contributed by atoms with Gasteiger partial charge in [0.1, 0.15) is 0 Å². The van der Waals surface area contributed by atoms with Gasteiger partial charge in [0.15, 0.2) is 0 Å². The molecular weight excluding hydrogens is 398 g/mol. The minimum Gasteiger partial charge on any atom is -0.342 e. The molecule has 1 unspecified atom stereocenters. The van der Waals surface area contributed by atoms with E-state index in [4.69, 9.17) is 5.73 Å². The van der Waals surface area contributed by atoms with Crippen molar-refractivity contribution < 1.29 is 14.4 Å². The van der Waals surface area contributed by atoms with Gasteiger partial charge in [0, 0.05) is 37.1 Å². The van der Waals surface area contributed by atoms with Crippen LogP contribution in [0.5, 0.6) is 0 Å². The zero-order valence-electron chi connectivity index (χ0n) is 13.6. The molecule has 0 radical (unpaired) electrons. The van der Waals surface area contributed by atoms with Crippen molar-refractivity contribution in [1.82, 2.24) is 9.80 Å². The zero-order chi connectivity index (χ0) is 17.1. The maximum Gasteiger partial charge on any atom is 0.261 e. The lowest BCUT2D eigenvalue weighted by atomic mass is 10.1. The number of nitrogens with zero attached hydrogens (tertiary/aromatic N) is 2. The van der Waals surface area contributed by atoms with Crippen LogP contribution in [0.3, 0.4) is 0 Å². The highest BCUT2D eigenvalue weighted by Gasteiger charge is 2.35.